The topological polar surface area (TPSA) is 63.7 Å². The predicted octanol–water partition coefficient (Wildman–Crippen LogP) is 4.19. The second-order valence-corrected chi connectivity index (χ2v) is 8.08. The summed E-state index contributed by atoms with van der Waals surface area (Å²) < 4.78 is 32.2. The SMILES string of the molecule is CCCCN(/C=C/C(=O)c1ccc(OC)cc1)S(=O)(=O)c1ccc(C)cc1. The van der Waals surface area contributed by atoms with Crippen LogP contribution >= 0.6 is 0 Å². The van der Waals surface area contributed by atoms with E-state index in [1.54, 1.807) is 55.6 Å². The predicted molar refractivity (Wildman–Crippen MR) is 106 cm³/mol. The first-order valence-corrected chi connectivity index (χ1v) is 10.3. The second kappa shape index (κ2) is 9.37. The van der Waals surface area contributed by atoms with Crippen LogP contribution in [0.1, 0.15) is 35.7 Å². The Morgan fingerprint density at radius 2 is 1.70 bits per heavy atom. The van der Waals surface area contributed by atoms with E-state index in [-0.39, 0.29) is 10.7 Å². The van der Waals surface area contributed by atoms with Gasteiger partial charge in [0.05, 0.1) is 12.0 Å². The van der Waals surface area contributed by atoms with E-state index in [0.717, 1.165) is 12.0 Å². The minimum Gasteiger partial charge on any atom is -0.497 e. The molecule has 0 saturated carbocycles. The first kappa shape index (κ1) is 20.7. The highest BCUT2D eigenvalue weighted by molar-refractivity contribution is 7.89. The summed E-state index contributed by atoms with van der Waals surface area (Å²) >= 11 is 0. The quantitative estimate of drug-likeness (QED) is 0.478. The third kappa shape index (κ3) is 5.44. The highest BCUT2D eigenvalue weighted by Gasteiger charge is 2.21. The van der Waals surface area contributed by atoms with E-state index in [1.165, 1.54) is 16.6 Å². The van der Waals surface area contributed by atoms with Crippen molar-refractivity contribution in [3.05, 3.63) is 71.9 Å². The Hall–Kier alpha value is -2.60. The van der Waals surface area contributed by atoms with E-state index < -0.39 is 10.0 Å². The molecular formula is C21H25NO4S. The van der Waals surface area contributed by atoms with Crippen LogP contribution in [0.3, 0.4) is 0 Å². The summed E-state index contributed by atoms with van der Waals surface area (Å²) in [5.41, 5.74) is 1.45. The monoisotopic (exact) mass is 387 g/mol. The molecule has 27 heavy (non-hydrogen) atoms. The molecule has 0 radical (unpaired) electrons. The van der Waals surface area contributed by atoms with Crippen molar-refractivity contribution in [2.24, 2.45) is 0 Å². The molecule has 0 bridgehead atoms. The lowest BCUT2D eigenvalue weighted by molar-refractivity contribution is 0.104. The van der Waals surface area contributed by atoms with E-state index >= 15 is 0 Å². The van der Waals surface area contributed by atoms with Crippen molar-refractivity contribution in [2.75, 3.05) is 13.7 Å². The van der Waals surface area contributed by atoms with E-state index in [4.69, 9.17) is 4.74 Å². The van der Waals surface area contributed by atoms with Crippen LogP contribution in [0.5, 0.6) is 5.75 Å². The molecule has 2 rings (SSSR count). The minimum absolute atomic E-state index is 0.214. The number of hydrogen-bond donors (Lipinski definition) is 0. The van der Waals surface area contributed by atoms with Gasteiger partial charge in [-0.1, -0.05) is 31.0 Å². The number of carbonyl (C=O) groups is 1. The van der Waals surface area contributed by atoms with Crippen molar-refractivity contribution in [1.29, 1.82) is 0 Å². The largest absolute Gasteiger partial charge is 0.497 e. The number of rotatable bonds is 9. The summed E-state index contributed by atoms with van der Waals surface area (Å²) in [6, 6.07) is 13.4. The van der Waals surface area contributed by atoms with Crippen molar-refractivity contribution in [3.8, 4) is 5.75 Å². The van der Waals surface area contributed by atoms with Gasteiger partial charge in [0, 0.05) is 24.4 Å². The fourth-order valence-corrected chi connectivity index (χ4v) is 3.78. The Labute approximate surface area is 161 Å². The first-order valence-electron chi connectivity index (χ1n) is 8.83. The van der Waals surface area contributed by atoms with Gasteiger partial charge in [0.15, 0.2) is 5.78 Å². The Morgan fingerprint density at radius 3 is 2.26 bits per heavy atom. The Morgan fingerprint density at radius 1 is 1.07 bits per heavy atom. The number of ketones is 1. The standard InChI is InChI=1S/C21H25NO4S/c1-4-5-15-22(27(24,25)20-12-6-17(2)7-13-20)16-14-21(23)18-8-10-19(26-3)11-9-18/h6-14,16H,4-5,15H2,1-3H3/b16-14+. The molecule has 2 aromatic carbocycles. The van der Waals surface area contributed by atoms with Crippen LogP contribution in [0.15, 0.2) is 65.7 Å². The number of hydrogen-bond acceptors (Lipinski definition) is 4. The lowest BCUT2D eigenvalue weighted by Crippen LogP contribution is -2.27. The van der Waals surface area contributed by atoms with Crippen molar-refractivity contribution in [3.63, 3.8) is 0 Å². The van der Waals surface area contributed by atoms with Crippen LogP contribution in [0, 0.1) is 6.92 Å². The number of methoxy groups -OCH3 is 1. The van der Waals surface area contributed by atoms with E-state index in [1.807, 2.05) is 13.8 Å². The summed E-state index contributed by atoms with van der Waals surface area (Å²) in [5.74, 6) is 0.389. The third-order valence-electron chi connectivity index (χ3n) is 4.13. The molecule has 0 atom stereocenters. The highest BCUT2D eigenvalue weighted by Crippen LogP contribution is 2.18. The zero-order valence-electron chi connectivity index (χ0n) is 15.9. The van der Waals surface area contributed by atoms with E-state index in [2.05, 4.69) is 0 Å². The van der Waals surface area contributed by atoms with Gasteiger partial charge in [-0.3, -0.25) is 9.10 Å². The van der Waals surface area contributed by atoms with Gasteiger partial charge in [0.1, 0.15) is 5.75 Å². The Kier molecular flexibility index (Phi) is 7.19. The summed E-state index contributed by atoms with van der Waals surface area (Å²) in [7, 11) is -2.15. The highest BCUT2D eigenvalue weighted by atomic mass is 32.2. The third-order valence-corrected chi connectivity index (χ3v) is 5.92. The molecule has 0 aliphatic heterocycles. The number of benzene rings is 2. The Balaban J connectivity index is 2.25. The molecule has 0 spiro atoms. The number of aryl methyl sites for hydroxylation is 1. The second-order valence-electron chi connectivity index (χ2n) is 6.19. The van der Waals surface area contributed by atoms with Gasteiger partial charge in [-0.2, -0.15) is 0 Å². The molecule has 0 unspecified atom stereocenters. The number of allylic oxidation sites excluding steroid dienone is 1. The van der Waals surface area contributed by atoms with Crippen LogP contribution in [0.2, 0.25) is 0 Å². The lowest BCUT2D eigenvalue weighted by Gasteiger charge is -2.20. The molecule has 6 heteroatoms. The van der Waals surface area contributed by atoms with Crippen LogP contribution < -0.4 is 4.74 Å². The van der Waals surface area contributed by atoms with Crippen molar-refractivity contribution >= 4 is 15.8 Å². The molecule has 0 aliphatic rings. The zero-order chi connectivity index (χ0) is 19.9. The molecule has 0 saturated heterocycles. The van der Waals surface area contributed by atoms with Gasteiger partial charge in [-0.05, 0) is 49.7 Å². The summed E-state index contributed by atoms with van der Waals surface area (Å²) in [4.78, 5) is 12.6. The number of nitrogens with zero attached hydrogens (tertiary/aromatic N) is 1. The molecule has 0 fully saturated rings. The molecule has 0 aliphatic carbocycles. The maximum Gasteiger partial charge on any atom is 0.263 e. The number of ether oxygens (including phenoxy) is 1. The molecule has 5 nitrogen and oxygen atoms in total. The maximum atomic E-state index is 12.9. The van der Waals surface area contributed by atoms with Gasteiger partial charge in [0.2, 0.25) is 0 Å². The van der Waals surface area contributed by atoms with Gasteiger partial charge in [-0.25, -0.2) is 8.42 Å². The van der Waals surface area contributed by atoms with E-state index in [0.29, 0.717) is 24.3 Å². The molecule has 0 N–H and O–H groups in total. The lowest BCUT2D eigenvalue weighted by atomic mass is 10.1. The fraction of sp³-hybridized carbons (Fsp3) is 0.286. The first-order chi connectivity index (χ1) is 12.9. The van der Waals surface area contributed by atoms with Crippen LogP contribution in [-0.2, 0) is 10.0 Å². The zero-order valence-corrected chi connectivity index (χ0v) is 16.7. The van der Waals surface area contributed by atoms with Gasteiger partial charge < -0.3 is 4.74 Å². The van der Waals surface area contributed by atoms with Gasteiger partial charge >= 0.3 is 0 Å². The van der Waals surface area contributed by atoms with Gasteiger partial charge in [-0.15, -0.1) is 0 Å². The van der Waals surface area contributed by atoms with Crippen LogP contribution in [0.25, 0.3) is 0 Å². The number of unbranched alkanes of at least 4 members (excludes halogenated alkanes) is 1. The average molecular weight is 388 g/mol. The Bertz CT molecular complexity index is 885. The van der Waals surface area contributed by atoms with Crippen LogP contribution in [0.4, 0.5) is 0 Å². The molecule has 0 heterocycles. The smallest absolute Gasteiger partial charge is 0.263 e. The maximum absolute atomic E-state index is 12.9. The molecular weight excluding hydrogens is 362 g/mol. The van der Waals surface area contributed by atoms with Crippen molar-refractivity contribution in [1.82, 2.24) is 4.31 Å². The number of sulfonamides is 1. The summed E-state index contributed by atoms with van der Waals surface area (Å²) in [5, 5.41) is 0. The molecule has 2 aromatic rings. The average Bonchev–Trinajstić information content (AvgIpc) is 2.68. The fourth-order valence-electron chi connectivity index (χ4n) is 2.44. The normalized spacial score (nSPS) is 11.5. The molecule has 0 aromatic heterocycles. The van der Waals surface area contributed by atoms with Gasteiger partial charge in [0.25, 0.3) is 10.0 Å². The summed E-state index contributed by atoms with van der Waals surface area (Å²) in [6.07, 6.45) is 4.20. The molecule has 0 amide bonds. The van der Waals surface area contributed by atoms with Crippen molar-refractivity contribution in [2.45, 2.75) is 31.6 Å². The minimum atomic E-state index is -3.70. The van der Waals surface area contributed by atoms with Crippen molar-refractivity contribution < 1.29 is 17.9 Å². The number of carbonyl (C=O) groups excluding carboxylic acids is 1. The molecule has 144 valence electrons. The van der Waals surface area contributed by atoms with E-state index in [9.17, 15) is 13.2 Å². The summed E-state index contributed by atoms with van der Waals surface area (Å²) in [6.45, 7) is 4.21. The van der Waals surface area contributed by atoms with Crippen LogP contribution in [-0.4, -0.2) is 32.2 Å².